The fraction of sp³-hybridized carbons (Fsp3) is 0.812. The van der Waals surface area contributed by atoms with Crippen LogP contribution in [0.3, 0.4) is 0 Å². The molecule has 0 aromatic carbocycles. The molecule has 2 saturated heterocycles. The minimum Gasteiger partial charge on any atom is -0.368 e. The summed E-state index contributed by atoms with van der Waals surface area (Å²) in [5, 5.41) is 4.00. The lowest BCUT2D eigenvalue weighted by atomic mass is 9.56. The Morgan fingerprint density at radius 1 is 1.28 bits per heavy atom. The number of carbonyl (C=O) groups excluding carboxylic acids is 1. The Morgan fingerprint density at radius 2 is 1.96 bits per heavy atom. The molecular weight excluding hydrogens is 334 g/mol. The van der Waals surface area contributed by atoms with Gasteiger partial charge in [0.05, 0.1) is 23.2 Å². The maximum Gasteiger partial charge on any atom is 0.346 e. The largest absolute Gasteiger partial charge is 0.368 e. The van der Waals surface area contributed by atoms with Crippen LogP contribution in [0.15, 0.2) is 4.79 Å². The lowest BCUT2D eigenvalue weighted by molar-refractivity contribution is -0.151. The topological polar surface area (TPSA) is 69.4 Å². The highest BCUT2D eigenvalue weighted by molar-refractivity contribution is 5.86. The van der Waals surface area contributed by atoms with E-state index in [1.54, 1.807) is 4.90 Å². The van der Waals surface area contributed by atoms with Gasteiger partial charge in [0.15, 0.2) is 5.82 Å². The van der Waals surface area contributed by atoms with Crippen molar-refractivity contribution in [3.63, 3.8) is 0 Å². The Morgan fingerprint density at radius 3 is 2.52 bits per heavy atom. The zero-order chi connectivity index (χ0) is 18.2. The maximum atomic E-state index is 13.2. The predicted octanol–water partition coefficient (Wildman–Crippen LogP) is 1.000. The average Bonchev–Trinajstić information content (AvgIpc) is 2.97. The first-order valence-electron chi connectivity index (χ1n) is 8.51. The summed E-state index contributed by atoms with van der Waals surface area (Å²) < 4.78 is 33.4. The number of carbonyl (C=O) groups is 1. The number of amides is 1. The van der Waals surface area contributed by atoms with Crippen molar-refractivity contribution in [1.29, 1.82) is 0 Å². The highest BCUT2D eigenvalue weighted by Crippen LogP contribution is 2.67. The fourth-order valence-electron chi connectivity index (χ4n) is 4.87. The third-order valence-electron chi connectivity index (χ3n) is 5.94. The molecule has 3 fully saturated rings. The quantitative estimate of drug-likeness (QED) is 0.810. The highest BCUT2D eigenvalue weighted by Gasteiger charge is 2.73. The zero-order valence-electron chi connectivity index (χ0n) is 14.6. The van der Waals surface area contributed by atoms with Crippen molar-refractivity contribution in [2.75, 3.05) is 6.54 Å². The van der Waals surface area contributed by atoms with Crippen molar-refractivity contribution in [3.8, 4) is 0 Å². The molecule has 0 atom stereocenters. The zero-order valence-corrected chi connectivity index (χ0v) is 14.6. The Labute approximate surface area is 143 Å². The summed E-state index contributed by atoms with van der Waals surface area (Å²) in [5.41, 5.74) is -1.86. The van der Waals surface area contributed by atoms with Crippen LogP contribution in [0.4, 0.5) is 8.78 Å². The van der Waals surface area contributed by atoms with E-state index in [-0.39, 0.29) is 24.6 Å². The summed E-state index contributed by atoms with van der Waals surface area (Å²) >= 11 is 0. The molecule has 1 aliphatic carbocycles. The number of ether oxygens (including phenoxy) is 1. The van der Waals surface area contributed by atoms with Crippen LogP contribution in [-0.4, -0.2) is 49.3 Å². The minimum absolute atomic E-state index is 0.00887. The fourth-order valence-corrected chi connectivity index (χ4v) is 4.87. The highest BCUT2D eigenvalue weighted by atomic mass is 19.3. The first kappa shape index (κ1) is 16.7. The number of halogens is 2. The van der Waals surface area contributed by atoms with Crippen LogP contribution in [-0.2, 0) is 29.2 Å². The standard InChI is InChI=1S/C16H22F2N4O3/c1-14(2)16(8-15(3,9-16)25-14)12(23)20-4-5-21-11(7-20)19-22(13(21)24)6-10(17)18/h10H,4-9H2,1-3H3. The molecule has 7 nitrogen and oxygen atoms in total. The second kappa shape index (κ2) is 4.90. The van der Waals surface area contributed by atoms with E-state index in [1.807, 2.05) is 20.8 Å². The monoisotopic (exact) mass is 356 g/mol. The summed E-state index contributed by atoms with van der Waals surface area (Å²) in [7, 11) is 0. The number of hydrogen-bond donors (Lipinski definition) is 0. The number of fused-ring (bicyclic) bond motifs is 2. The number of rotatable bonds is 3. The lowest BCUT2D eigenvalue weighted by Gasteiger charge is -2.46. The van der Waals surface area contributed by atoms with Crippen molar-refractivity contribution in [2.24, 2.45) is 5.41 Å². The summed E-state index contributed by atoms with van der Waals surface area (Å²) in [4.78, 5) is 27.0. The minimum atomic E-state index is -2.64. The van der Waals surface area contributed by atoms with Crippen molar-refractivity contribution in [3.05, 3.63) is 16.3 Å². The van der Waals surface area contributed by atoms with E-state index in [9.17, 15) is 18.4 Å². The molecule has 0 spiro atoms. The first-order chi connectivity index (χ1) is 11.6. The molecule has 1 aromatic rings. The van der Waals surface area contributed by atoms with Crippen LogP contribution in [0.5, 0.6) is 0 Å². The number of nitrogens with zero attached hydrogens (tertiary/aromatic N) is 4. The molecule has 0 unspecified atom stereocenters. The van der Waals surface area contributed by atoms with Crippen LogP contribution in [0, 0.1) is 5.41 Å². The number of aromatic nitrogens is 3. The molecule has 25 heavy (non-hydrogen) atoms. The Kier molecular flexibility index (Phi) is 3.27. The number of hydrogen-bond acceptors (Lipinski definition) is 4. The molecule has 5 rings (SSSR count). The molecule has 0 radical (unpaired) electrons. The molecule has 2 bridgehead atoms. The van der Waals surface area contributed by atoms with Crippen molar-refractivity contribution in [1.82, 2.24) is 19.2 Å². The van der Waals surface area contributed by atoms with Gasteiger partial charge in [0.2, 0.25) is 5.91 Å². The van der Waals surface area contributed by atoms with Gasteiger partial charge in [-0.05, 0) is 33.6 Å². The summed E-state index contributed by atoms with van der Waals surface area (Å²) in [6, 6.07) is 0. The third kappa shape index (κ3) is 2.21. The summed E-state index contributed by atoms with van der Waals surface area (Å²) in [6.45, 7) is 6.00. The van der Waals surface area contributed by atoms with Gasteiger partial charge in [-0.3, -0.25) is 9.36 Å². The van der Waals surface area contributed by atoms with Gasteiger partial charge in [0, 0.05) is 13.1 Å². The van der Waals surface area contributed by atoms with E-state index in [1.165, 1.54) is 4.57 Å². The van der Waals surface area contributed by atoms with Gasteiger partial charge in [-0.25, -0.2) is 18.3 Å². The van der Waals surface area contributed by atoms with Crippen molar-refractivity contribution in [2.45, 2.75) is 70.9 Å². The first-order valence-corrected chi connectivity index (χ1v) is 8.51. The molecule has 4 aliphatic rings. The van der Waals surface area contributed by atoms with E-state index in [4.69, 9.17) is 4.74 Å². The van der Waals surface area contributed by atoms with Gasteiger partial charge in [0.1, 0.15) is 6.54 Å². The van der Waals surface area contributed by atoms with E-state index >= 15 is 0 Å². The number of alkyl halides is 2. The van der Waals surface area contributed by atoms with Gasteiger partial charge in [0.25, 0.3) is 6.43 Å². The summed E-state index contributed by atoms with van der Waals surface area (Å²) in [6.07, 6.45) is -1.26. The Hall–Kier alpha value is -1.77. The van der Waals surface area contributed by atoms with Gasteiger partial charge < -0.3 is 9.64 Å². The molecule has 0 N–H and O–H groups in total. The van der Waals surface area contributed by atoms with Crippen LogP contribution in [0.1, 0.15) is 39.4 Å². The smallest absolute Gasteiger partial charge is 0.346 e. The van der Waals surface area contributed by atoms with Gasteiger partial charge in [-0.15, -0.1) is 0 Å². The van der Waals surface area contributed by atoms with E-state index < -0.39 is 29.7 Å². The van der Waals surface area contributed by atoms with Gasteiger partial charge in [-0.1, -0.05) is 0 Å². The molecule has 138 valence electrons. The Bertz CT molecular complexity index is 792. The maximum absolute atomic E-state index is 13.2. The Balaban J connectivity index is 1.57. The molecule has 4 heterocycles. The predicted molar refractivity (Wildman–Crippen MR) is 83.1 cm³/mol. The van der Waals surface area contributed by atoms with Gasteiger partial charge >= 0.3 is 5.69 Å². The molecule has 3 aliphatic heterocycles. The van der Waals surface area contributed by atoms with Crippen LogP contribution >= 0.6 is 0 Å². The van der Waals surface area contributed by atoms with E-state index in [0.29, 0.717) is 25.2 Å². The average molecular weight is 356 g/mol. The molecular formula is C16H22F2N4O3. The normalized spacial score (nSPS) is 32.6. The summed E-state index contributed by atoms with van der Waals surface area (Å²) in [5.74, 6) is 0.370. The van der Waals surface area contributed by atoms with Crippen molar-refractivity contribution < 1.29 is 18.3 Å². The van der Waals surface area contributed by atoms with E-state index in [2.05, 4.69) is 5.10 Å². The molecule has 1 saturated carbocycles. The molecule has 1 aromatic heterocycles. The second-order valence-corrected chi connectivity index (χ2v) is 8.15. The SMILES string of the molecule is CC12CC(C(=O)N3CCn4c(nn(CC(F)F)c4=O)C3)(C1)C(C)(C)O2. The lowest BCUT2D eigenvalue weighted by Crippen LogP contribution is -2.58. The second-order valence-electron chi connectivity index (χ2n) is 8.15. The van der Waals surface area contributed by atoms with Crippen molar-refractivity contribution >= 4 is 5.91 Å². The van der Waals surface area contributed by atoms with Crippen LogP contribution in [0.25, 0.3) is 0 Å². The molecule has 9 heteroatoms. The van der Waals surface area contributed by atoms with E-state index in [0.717, 1.165) is 4.68 Å². The third-order valence-corrected chi connectivity index (χ3v) is 5.94. The van der Waals surface area contributed by atoms with Crippen LogP contribution in [0.2, 0.25) is 0 Å². The van der Waals surface area contributed by atoms with Gasteiger partial charge in [-0.2, -0.15) is 5.10 Å². The van der Waals surface area contributed by atoms with Crippen LogP contribution < -0.4 is 5.69 Å². The molecule has 1 amide bonds.